The van der Waals surface area contributed by atoms with E-state index in [1.165, 1.54) is 30.4 Å². The third-order valence-corrected chi connectivity index (χ3v) is 5.07. The molecule has 6 nitrogen and oxygen atoms in total. The molecule has 0 amide bonds. The first-order valence-corrected chi connectivity index (χ1v) is 9.55. The van der Waals surface area contributed by atoms with Crippen LogP contribution in [0.4, 0.5) is 11.6 Å². The first-order chi connectivity index (χ1) is 12.7. The normalized spacial score (nSPS) is 14.8. The molecule has 0 saturated carbocycles. The maximum Gasteiger partial charge on any atom is 0.173 e. The Kier molecular flexibility index (Phi) is 4.73. The standard InChI is InChI=1S/C20H27N6/c1-3-17-14-22-26-18(21-13-16-8-7-9-24(2)15-16)12-19(23-20(17)26)25-10-5-4-6-11-25/h7-9,12,14-15,21H,3-6,10-11,13H2,1-2H3/q+1. The van der Waals surface area contributed by atoms with Crippen LogP contribution in [-0.4, -0.2) is 27.7 Å². The number of aromatic nitrogens is 4. The quantitative estimate of drug-likeness (QED) is 0.718. The fraction of sp³-hybridized carbons (Fsp3) is 0.450. The smallest absolute Gasteiger partial charge is 0.173 e. The average Bonchev–Trinajstić information content (AvgIpc) is 3.10. The lowest BCUT2D eigenvalue weighted by atomic mass is 10.1. The van der Waals surface area contributed by atoms with E-state index < -0.39 is 0 Å². The Hall–Kier alpha value is -2.63. The van der Waals surface area contributed by atoms with Crippen molar-refractivity contribution < 1.29 is 4.57 Å². The Bertz CT molecular complexity index is 894. The van der Waals surface area contributed by atoms with E-state index in [-0.39, 0.29) is 0 Å². The number of hydrogen-bond acceptors (Lipinski definition) is 4. The van der Waals surface area contributed by atoms with E-state index in [2.05, 4.69) is 51.2 Å². The summed E-state index contributed by atoms with van der Waals surface area (Å²) in [4.78, 5) is 7.35. The van der Waals surface area contributed by atoms with Crippen LogP contribution >= 0.6 is 0 Å². The van der Waals surface area contributed by atoms with Gasteiger partial charge in [0.25, 0.3) is 0 Å². The zero-order valence-corrected chi connectivity index (χ0v) is 15.6. The van der Waals surface area contributed by atoms with Gasteiger partial charge in [-0.05, 0) is 31.7 Å². The van der Waals surface area contributed by atoms with Crippen LogP contribution in [-0.2, 0) is 20.0 Å². The number of nitrogens with one attached hydrogen (secondary N) is 1. The van der Waals surface area contributed by atoms with Crippen molar-refractivity contribution in [3.05, 3.63) is 47.9 Å². The van der Waals surface area contributed by atoms with Gasteiger partial charge in [0.05, 0.1) is 6.20 Å². The number of rotatable bonds is 5. The van der Waals surface area contributed by atoms with Gasteiger partial charge in [-0.15, -0.1) is 0 Å². The van der Waals surface area contributed by atoms with Crippen LogP contribution in [0.25, 0.3) is 5.65 Å². The maximum absolute atomic E-state index is 4.94. The second-order valence-electron chi connectivity index (χ2n) is 7.04. The minimum absolute atomic E-state index is 0.758. The molecule has 0 radical (unpaired) electrons. The van der Waals surface area contributed by atoms with E-state index in [1.807, 2.05) is 24.0 Å². The molecular formula is C20H27N6+. The van der Waals surface area contributed by atoms with Crippen molar-refractivity contribution in [2.75, 3.05) is 23.3 Å². The van der Waals surface area contributed by atoms with Gasteiger partial charge in [0, 0.05) is 42.9 Å². The molecule has 0 unspecified atom stereocenters. The molecular weight excluding hydrogens is 324 g/mol. The predicted octanol–water partition coefficient (Wildman–Crippen LogP) is 2.72. The van der Waals surface area contributed by atoms with Crippen molar-refractivity contribution >= 4 is 17.3 Å². The van der Waals surface area contributed by atoms with E-state index >= 15 is 0 Å². The molecule has 0 spiro atoms. The van der Waals surface area contributed by atoms with Crippen LogP contribution in [0.2, 0.25) is 0 Å². The summed E-state index contributed by atoms with van der Waals surface area (Å²) < 4.78 is 4.01. The molecule has 3 aromatic heterocycles. The fourth-order valence-corrected chi connectivity index (χ4v) is 3.60. The first kappa shape index (κ1) is 16.8. The van der Waals surface area contributed by atoms with Crippen LogP contribution in [0.1, 0.15) is 37.3 Å². The molecule has 4 heterocycles. The summed E-state index contributed by atoms with van der Waals surface area (Å²) >= 11 is 0. The summed E-state index contributed by atoms with van der Waals surface area (Å²) in [5, 5.41) is 8.14. The van der Waals surface area contributed by atoms with Crippen LogP contribution in [0, 0.1) is 0 Å². The van der Waals surface area contributed by atoms with Gasteiger partial charge in [-0.1, -0.05) is 6.92 Å². The highest BCUT2D eigenvalue weighted by atomic mass is 15.3. The Morgan fingerprint density at radius 1 is 1.23 bits per heavy atom. The van der Waals surface area contributed by atoms with Crippen LogP contribution < -0.4 is 14.8 Å². The lowest BCUT2D eigenvalue weighted by molar-refractivity contribution is -0.671. The van der Waals surface area contributed by atoms with Crippen molar-refractivity contribution in [2.45, 2.75) is 39.2 Å². The van der Waals surface area contributed by atoms with Crippen molar-refractivity contribution in [3.8, 4) is 0 Å². The molecule has 1 saturated heterocycles. The fourth-order valence-electron chi connectivity index (χ4n) is 3.60. The summed E-state index contributed by atoms with van der Waals surface area (Å²) in [6.07, 6.45) is 10.9. The second kappa shape index (κ2) is 7.32. The highest BCUT2D eigenvalue weighted by Crippen LogP contribution is 2.24. The molecule has 1 N–H and O–H groups in total. The van der Waals surface area contributed by atoms with Gasteiger partial charge in [0.1, 0.15) is 18.7 Å². The topological polar surface area (TPSA) is 49.3 Å². The van der Waals surface area contributed by atoms with E-state index in [4.69, 9.17) is 4.98 Å². The zero-order chi connectivity index (χ0) is 17.9. The van der Waals surface area contributed by atoms with Gasteiger partial charge in [0.15, 0.2) is 18.0 Å². The molecule has 4 rings (SSSR count). The Morgan fingerprint density at radius 3 is 2.85 bits per heavy atom. The number of fused-ring (bicyclic) bond motifs is 1. The molecule has 1 aliphatic rings. The third kappa shape index (κ3) is 3.36. The predicted molar refractivity (Wildman–Crippen MR) is 103 cm³/mol. The summed E-state index contributed by atoms with van der Waals surface area (Å²) in [7, 11) is 2.05. The van der Waals surface area contributed by atoms with E-state index in [0.29, 0.717) is 0 Å². The molecule has 3 aromatic rings. The van der Waals surface area contributed by atoms with Crippen molar-refractivity contribution in [1.29, 1.82) is 0 Å². The van der Waals surface area contributed by atoms with E-state index in [9.17, 15) is 0 Å². The van der Waals surface area contributed by atoms with Gasteiger partial charge < -0.3 is 10.2 Å². The molecule has 26 heavy (non-hydrogen) atoms. The number of pyridine rings is 1. The summed E-state index contributed by atoms with van der Waals surface area (Å²) in [6, 6.07) is 6.35. The van der Waals surface area contributed by atoms with Gasteiger partial charge in [-0.2, -0.15) is 9.61 Å². The molecule has 0 aliphatic carbocycles. The SMILES string of the molecule is CCc1cnn2c(NCc3ccc[n+](C)c3)cc(N3CCCCC3)nc12. The van der Waals surface area contributed by atoms with E-state index in [1.54, 1.807) is 0 Å². The highest BCUT2D eigenvalue weighted by molar-refractivity contribution is 5.61. The molecule has 136 valence electrons. The molecule has 0 bridgehead atoms. The minimum atomic E-state index is 0.758. The van der Waals surface area contributed by atoms with Crippen LogP contribution in [0.5, 0.6) is 0 Å². The Balaban J connectivity index is 1.68. The minimum Gasteiger partial charge on any atom is -0.366 e. The van der Waals surface area contributed by atoms with Crippen molar-refractivity contribution in [1.82, 2.24) is 14.6 Å². The highest BCUT2D eigenvalue weighted by Gasteiger charge is 2.17. The molecule has 1 fully saturated rings. The van der Waals surface area contributed by atoms with Gasteiger partial charge in [-0.25, -0.2) is 9.55 Å². The van der Waals surface area contributed by atoms with Crippen LogP contribution in [0.3, 0.4) is 0 Å². The van der Waals surface area contributed by atoms with Gasteiger partial charge in [-0.3, -0.25) is 0 Å². The summed E-state index contributed by atoms with van der Waals surface area (Å²) in [6.45, 7) is 5.09. The van der Waals surface area contributed by atoms with Gasteiger partial charge in [0.2, 0.25) is 0 Å². The average molecular weight is 351 g/mol. The summed E-state index contributed by atoms with van der Waals surface area (Å²) in [5.74, 6) is 2.07. The second-order valence-corrected chi connectivity index (χ2v) is 7.04. The lowest BCUT2D eigenvalue weighted by Gasteiger charge is -2.28. The number of anilines is 2. The molecule has 6 heteroatoms. The molecule has 0 aromatic carbocycles. The summed E-state index contributed by atoms with van der Waals surface area (Å²) in [5.41, 5.74) is 3.40. The number of hydrogen-bond donors (Lipinski definition) is 1. The van der Waals surface area contributed by atoms with Crippen LogP contribution in [0.15, 0.2) is 36.8 Å². The number of piperidine rings is 1. The molecule has 1 aliphatic heterocycles. The number of nitrogens with zero attached hydrogens (tertiary/aromatic N) is 5. The van der Waals surface area contributed by atoms with Crippen molar-refractivity contribution in [2.24, 2.45) is 7.05 Å². The van der Waals surface area contributed by atoms with E-state index in [0.717, 1.165) is 43.3 Å². The van der Waals surface area contributed by atoms with Gasteiger partial charge >= 0.3 is 0 Å². The monoisotopic (exact) mass is 351 g/mol. The first-order valence-electron chi connectivity index (χ1n) is 9.55. The molecule has 0 atom stereocenters. The Morgan fingerprint density at radius 2 is 2.08 bits per heavy atom. The lowest BCUT2D eigenvalue weighted by Crippen LogP contribution is -2.30. The maximum atomic E-state index is 4.94. The Labute approximate surface area is 154 Å². The van der Waals surface area contributed by atoms with Crippen molar-refractivity contribution in [3.63, 3.8) is 0 Å². The zero-order valence-electron chi connectivity index (χ0n) is 15.6. The number of aryl methyl sites for hydroxylation is 2. The third-order valence-electron chi connectivity index (χ3n) is 5.07. The largest absolute Gasteiger partial charge is 0.366 e.